The molecule has 3 nitrogen and oxygen atoms in total. The predicted octanol–water partition coefficient (Wildman–Crippen LogP) is 4.43. The van der Waals surface area contributed by atoms with Crippen LogP contribution in [0.15, 0.2) is 67.1 Å². The standard InChI is InChI=1S/C18H12FN3/c19-14-7-5-12(6-8-14)16-17(13-3-1-9-20-11-13)22-15-4-2-10-21-18(15)16/h1-11,22H. The van der Waals surface area contributed by atoms with E-state index in [0.29, 0.717) is 0 Å². The molecule has 1 N–H and O–H groups in total. The molecule has 1 aromatic carbocycles. The number of H-pyrrole nitrogens is 1. The van der Waals surface area contributed by atoms with Crippen molar-refractivity contribution in [3.05, 3.63) is 72.9 Å². The number of nitrogens with zero attached hydrogens (tertiary/aromatic N) is 2. The molecule has 0 saturated heterocycles. The smallest absolute Gasteiger partial charge is 0.123 e. The maximum atomic E-state index is 13.2. The summed E-state index contributed by atoms with van der Waals surface area (Å²) in [6, 6.07) is 14.2. The summed E-state index contributed by atoms with van der Waals surface area (Å²) < 4.78 is 13.2. The molecule has 4 rings (SSSR count). The first-order valence-electron chi connectivity index (χ1n) is 6.96. The number of benzene rings is 1. The van der Waals surface area contributed by atoms with Crippen molar-refractivity contribution < 1.29 is 4.39 Å². The molecule has 3 aromatic heterocycles. The fourth-order valence-corrected chi connectivity index (χ4v) is 2.65. The molecule has 0 fully saturated rings. The number of hydrogen-bond donors (Lipinski definition) is 1. The van der Waals surface area contributed by atoms with Crippen molar-refractivity contribution in [3.8, 4) is 22.4 Å². The van der Waals surface area contributed by atoms with Gasteiger partial charge in [-0.1, -0.05) is 12.1 Å². The molecule has 22 heavy (non-hydrogen) atoms. The van der Waals surface area contributed by atoms with Gasteiger partial charge >= 0.3 is 0 Å². The van der Waals surface area contributed by atoms with Crippen LogP contribution in [0.4, 0.5) is 4.39 Å². The highest BCUT2D eigenvalue weighted by molar-refractivity contribution is 6.01. The number of pyridine rings is 2. The Morgan fingerprint density at radius 2 is 1.68 bits per heavy atom. The van der Waals surface area contributed by atoms with Gasteiger partial charge in [0, 0.05) is 29.7 Å². The third-order valence-corrected chi connectivity index (χ3v) is 3.64. The largest absolute Gasteiger partial charge is 0.353 e. The number of halogens is 1. The Bertz CT molecular complexity index is 928. The maximum Gasteiger partial charge on any atom is 0.123 e. The van der Waals surface area contributed by atoms with Gasteiger partial charge in [0.2, 0.25) is 0 Å². The lowest BCUT2D eigenvalue weighted by Gasteiger charge is -2.05. The highest BCUT2D eigenvalue weighted by atomic mass is 19.1. The molecule has 0 spiro atoms. The van der Waals surface area contributed by atoms with Crippen molar-refractivity contribution in [1.29, 1.82) is 0 Å². The SMILES string of the molecule is Fc1ccc(-c2c(-c3cccnc3)[nH]c3cccnc23)cc1. The second kappa shape index (κ2) is 5.07. The summed E-state index contributed by atoms with van der Waals surface area (Å²) in [6.07, 6.45) is 5.30. The van der Waals surface area contributed by atoms with Crippen LogP contribution in [0.5, 0.6) is 0 Å². The molecule has 0 saturated carbocycles. The normalized spacial score (nSPS) is 11.0. The van der Waals surface area contributed by atoms with Crippen LogP contribution < -0.4 is 0 Å². The van der Waals surface area contributed by atoms with E-state index >= 15 is 0 Å². The number of fused-ring (bicyclic) bond motifs is 1. The van der Waals surface area contributed by atoms with E-state index in [1.807, 2.05) is 24.3 Å². The van der Waals surface area contributed by atoms with E-state index in [0.717, 1.165) is 33.4 Å². The molecule has 0 bridgehead atoms. The van der Waals surface area contributed by atoms with E-state index in [9.17, 15) is 4.39 Å². The van der Waals surface area contributed by atoms with Gasteiger partial charge in [0.25, 0.3) is 0 Å². The summed E-state index contributed by atoms with van der Waals surface area (Å²) in [5, 5.41) is 0. The molecule has 0 atom stereocenters. The Kier molecular flexibility index (Phi) is 2.93. The zero-order valence-electron chi connectivity index (χ0n) is 11.6. The minimum Gasteiger partial charge on any atom is -0.353 e. The Morgan fingerprint density at radius 1 is 0.864 bits per heavy atom. The Hall–Kier alpha value is -3.01. The summed E-state index contributed by atoms with van der Waals surface area (Å²) in [5.74, 6) is -0.250. The van der Waals surface area contributed by atoms with E-state index in [-0.39, 0.29) is 5.82 Å². The zero-order chi connectivity index (χ0) is 14.9. The molecule has 0 radical (unpaired) electrons. The average molecular weight is 289 g/mol. The summed E-state index contributed by atoms with van der Waals surface area (Å²) >= 11 is 0. The molecule has 4 aromatic rings. The summed E-state index contributed by atoms with van der Waals surface area (Å²) in [6.45, 7) is 0. The van der Waals surface area contributed by atoms with Crippen LogP contribution in [0.2, 0.25) is 0 Å². The van der Waals surface area contributed by atoms with Crippen LogP contribution in [0.3, 0.4) is 0 Å². The van der Waals surface area contributed by atoms with Crippen molar-refractivity contribution in [2.75, 3.05) is 0 Å². The number of nitrogens with one attached hydrogen (secondary N) is 1. The minimum atomic E-state index is -0.250. The van der Waals surface area contributed by atoms with Crippen LogP contribution in [0.1, 0.15) is 0 Å². The molecule has 0 aliphatic heterocycles. The van der Waals surface area contributed by atoms with Gasteiger partial charge in [-0.2, -0.15) is 0 Å². The topological polar surface area (TPSA) is 41.6 Å². The van der Waals surface area contributed by atoms with Gasteiger partial charge in [-0.05, 0) is 42.0 Å². The average Bonchev–Trinajstić information content (AvgIpc) is 2.96. The van der Waals surface area contributed by atoms with Gasteiger partial charge in [-0.25, -0.2) is 4.39 Å². The lowest BCUT2D eigenvalue weighted by atomic mass is 10.0. The highest BCUT2D eigenvalue weighted by Crippen LogP contribution is 2.36. The highest BCUT2D eigenvalue weighted by Gasteiger charge is 2.15. The Balaban J connectivity index is 2.04. The third kappa shape index (κ3) is 2.05. The third-order valence-electron chi connectivity index (χ3n) is 3.64. The Morgan fingerprint density at radius 3 is 2.45 bits per heavy atom. The number of aromatic amines is 1. The maximum absolute atomic E-state index is 13.2. The van der Waals surface area contributed by atoms with Gasteiger partial charge in [0.1, 0.15) is 5.82 Å². The van der Waals surface area contributed by atoms with Crippen molar-refractivity contribution in [1.82, 2.24) is 15.0 Å². The minimum absolute atomic E-state index is 0.250. The van der Waals surface area contributed by atoms with E-state index in [2.05, 4.69) is 15.0 Å². The van der Waals surface area contributed by atoms with Crippen molar-refractivity contribution in [2.24, 2.45) is 0 Å². The first kappa shape index (κ1) is 12.7. The number of aromatic nitrogens is 3. The second-order valence-electron chi connectivity index (χ2n) is 5.02. The van der Waals surface area contributed by atoms with Crippen LogP contribution in [0.25, 0.3) is 33.4 Å². The zero-order valence-corrected chi connectivity index (χ0v) is 11.6. The van der Waals surface area contributed by atoms with Crippen molar-refractivity contribution in [3.63, 3.8) is 0 Å². The van der Waals surface area contributed by atoms with Crippen LogP contribution in [-0.2, 0) is 0 Å². The van der Waals surface area contributed by atoms with E-state index in [4.69, 9.17) is 0 Å². The first-order valence-corrected chi connectivity index (χ1v) is 6.96. The summed E-state index contributed by atoms with van der Waals surface area (Å²) in [4.78, 5) is 12.1. The van der Waals surface area contributed by atoms with Gasteiger partial charge in [0.15, 0.2) is 0 Å². The first-order chi connectivity index (χ1) is 10.8. The molecular weight excluding hydrogens is 277 g/mol. The lowest BCUT2D eigenvalue weighted by Crippen LogP contribution is -1.85. The summed E-state index contributed by atoms with van der Waals surface area (Å²) in [5.41, 5.74) is 5.61. The van der Waals surface area contributed by atoms with Crippen LogP contribution in [-0.4, -0.2) is 15.0 Å². The number of rotatable bonds is 2. The fraction of sp³-hybridized carbons (Fsp3) is 0. The van der Waals surface area contributed by atoms with Crippen LogP contribution in [0, 0.1) is 5.82 Å². The summed E-state index contributed by atoms with van der Waals surface area (Å²) in [7, 11) is 0. The molecule has 0 amide bonds. The molecule has 106 valence electrons. The van der Waals surface area contributed by atoms with E-state index in [1.54, 1.807) is 30.7 Å². The fourth-order valence-electron chi connectivity index (χ4n) is 2.65. The van der Waals surface area contributed by atoms with E-state index in [1.165, 1.54) is 12.1 Å². The molecule has 0 unspecified atom stereocenters. The molecule has 0 aliphatic rings. The monoisotopic (exact) mass is 289 g/mol. The van der Waals surface area contributed by atoms with Crippen LogP contribution >= 0.6 is 0 Å². The predicted molar refractivity (Wildman–Crippen MR) is 84.7 cm³/mol. The van der Waals surface area contributed by atoms with Gasteiger partial charge in [-0.3, -0.25) is 9.97 Å². The van der Waals surface area contributed by atoms with E-state index < -0.39 is 0 Å². The molecular formula is C18H12FN3. The van der Waals surface area contributed by atoms with Gasteiger partial charge in [-0.15, -0.1) is 0 Å². The quantitative estimate of drug-likeness (QED) is 0.593. The number of hydrogen-bond acceptors (Lipinski definition) is 2. The van der Waals surface area contributed by atoms with Crippen molar-refractivity contribution in [2.45, 2.75) is 0 Å². The second-order valence-corrected chi connectivity index (χ2v) is 5.02. The van der Waals surface area contributed by atoms with Gasteiger partial charge in [0.05, 0.1) is 16.7 Å². The molecule has 4 heteroatoms. The van der Waals surface area contributed by atoms with Gasteiger partial charge < -0.3 is 4.98 Å². The molecule has 3 heterocycles. The lowest BCUT2D eigenvalue weighted by molar-refractivity contribution is 0.628. The molecule has 0 aliphatic carbocycles. The Labute approximate surface area is 126 Å². The van der Waals surface area contributed by atoms with Crippen molar-refractivity contribution >= 4 is 11.0 Å².